The molecule has 0 amide bonds. The number of pyridine rings is 2. The predicted molar refractivity (Wildman–Crippen MR) is 159 cm³/mol. The zero-order chi connectivity index (χ0) is 28.3. The number of halogens is 3. The molecule has 4 heterocycles. The lowest BCUT2D eigenvalue weighted by atomic mass is 10.1. The summed E-state index contributed by atoms with van der Waals surface area (Å²) >= 11 is 14.2. The van der Waals surface area contributed by atoms with Crippen molar-refractivity contribution in [3.05, 3.63) is 117 Å². The maximum atomic E-state index is 13.8. The van der Waals surface area contributed by atoms with Crippen LogP contribution in [0.1, 0.15) is 23.0 Å². The highest BCUT2D eigenvalue weighted by molar-refractivity contribution is 7.07. The number of nitrogens with one attached hydrogen (secondary N) is 4. The third-order valence-corrected chi connectivity index (χ3v) is 7.48. The Labute approximate surface area is 248 Å². The first-order valence-electron chi connectivity index (χ1n) is 12.3. The molecule has 0 radical (unpaired) electrons. The molecule has 0 aliphatic carbocycles. The second-order valence-corrected chi connectivity index (χ2v) is 10.6. The molecule has 2 aromatic carbocycles. The molecule has 9 nitrogen and oxygen atoms in total. The van der Waals surface area contributed by atoms with Crippen molar-refractivity contribution in [1.82, 2.24) is 30.9 Å². The van der Waals surface area contributed by atoms with Crippen LogP contribution >= 0.6 is 34.5 Å². The summed E-state index contributed by atoms with van der Waals surface area (Å²) in [6.45, 7) is 0.550. The van der Waals surface area contributed by atoms with Crippen LogP contribution in [-0.2, 0) is 6.54 Å². The summed E-state index contributed by atoms with van der Waals surface area (Å²) in [6.07, 6.45) is 5.16. The Hall–Kier alpha value is -4.47. The van der Waals surface area contributed by atoms with Gasteiger partial charge >= 0.3 is 0 Å². The van der Waals surface area contributed by atoms with Gasteiger partial charge < -0.3 is 16.1 Å². The van der Waals surface area contributed by atoms with E-state index < -0.39 is 5.82 Å². The zero-order valence-corrected chi connectivity index (χ0v) is 23.4. The minimum absolute atomic E-state index is 0.0404. The van der Waals surface area contributed by atoms with Crippen LogP contribution in [-0.4, -0.2) is 20.0 Å². The van der Waals surface area contributed by atoms with Gasteiger partial charge in [0.25, 0.3) is 0 Å². The third kappa shape index (κ3) is 5.73. The van der Waals surface area contributed by atoms with Crippen LogP contribution in [0.4, 0.5) is 21.5 Å². The van der Waals surface area contributed by atoms with E-state index in [0.717, 1.165) is 17.1 Å². The molecule has 4 N–H and O–H groups in total. The smallest absolute Gasteiger partial charge is 0.141 e. The van der Waals surface area contributed by atoms with Gasteiger partial charge in [0.05, 0.1) is 56.0 Å². The molecule has 6 rings (SSSR count). The maximum absolute atomic E-state index is 13.8. The fourth-order valence-corrected chi connectivity index (χ4v) is 5.42. The first kappa shape index (κ1) is 26.7. The van der Waals surface area contributed by atoms with Crippen molar-refractivity contribution in [2.45, 2.75) is 12.6 Å². The predicted octanol–water partition coefficient (Wildman–Crippen LogP) is 6.67. The molecule has 0 saturated carbocycles. The summed E-state index contributed by atoms with van der Waals surface area (Å²) in [7, 11) is 0. The van der Waals surface area contributed by atoms with Crippen molar-refractivity contribution in [3.63, 3.8) is 0 Å². The van der Waals surface area contributed by atoms with Crippen LogP contribution in [0.15, 0.2) is 83.7 Å². The van der Waals surface area contributed by atoms with Gasteiger partial charge in [-0.1, -0.05) is 29.3 Å². The van der Waals surface area contributed by atoms with E-state index in [2.05, 4.69) is 42.6 Å². The number of anilines is 3. The van der Waals surface area contributed by atoms with E-state index in [4.69, 9.17) is 23.2 Å². The van der Waals surface area contributed by atoms with Gasteiger partial charge in [-0.05, 0) is 42.5 Å². The van der Waals surface area contributed by atoms with Crippen LogP contribution in [0.5, 0.6) is 0 Å². The molecule has 0 saturated heterocycles. The number of nitrogens with zero attached hydrogens (tertiary/aromatic N) is 5. The molecule has 5 aromatic rings. The topological polar surface area (TPSA) is 114 Å². The molecule has 1 atom stereocenters. The monoisotopic (exact) mass is 603 g/mol. The minimum Gasteiger partial charge on any atom is -0.371 e. The highest BCUT2D eigenvalue weighted by atomic mass is 35.5. The van der Waals surface area contributed by atoms with Crippen molar-refractivity contribution in [3.8, 4) is 6.07 Å². The highest BCUT2D eigenvalue weighted by Crippen LogP contribution is 2.37. The molecule has 204 valence electrons. The Morgan fingerprint density at radius 2 is 1.95 bits per heavy atom. The Morgan fingerprint density at radius 3 is 2.71 bits per heavy atom. The molecule has 0 spiro atoms. The standard InChI is InChI=1S/C28H20Cl2FN9S/c29-21-8-17(4-5-23(21)31)36-26-16(10-32)11-34-27-20(26)7-19(9-22(27)30)37-28(25-14-41-15-35-25)24-13-40(39-38-24)12-18-3-1-2-6-33-18/h1-9,11,13-15,28,37-39H,12H2,(H,34,36)/t28-/m1/s1. The highest BCUT2D eigenvalue weighted by Gasteiger charge is 2.25. The largest absolute Gasteiger partial charge is 0.371 e. The Balaban J connectivity index is 1.36. The lowest BCUT2D eigenvalue weighted by Crippen LogP contribution is -2.37. The summed E-state index contributed by atoms with van der Waals surface area (Å²) in [5.74, 6) is -0.539. The number of fused-ring (bicyclic) bond motifs is 1. The van der Waals surface area contributed by atoms with Gasteiger partial charge in [-0.3, -0.25) is 15.0 Å². The van der Waals surface area contributed by atoms with Crippen LogP contribution in [0.3, 0.4) is 0 Å². The molecule has 1 aliphatic heterocycles. The number of rotatable bonds is 8. The first-order chi connectivity index (χ1) is 20.0. The molecule has 0 bridgehead atoms. The number of benzene rings is 2. The van der Waals surface area contributed by atoms with Crippen molar-refractivity contribution >= 4 is 62.5 Å². The van der Waals surface area contributed by atoms with E-state index in [-0.39, 0.29) is 16.6 Å². The fourth-order valence-electron chi connectivity index (χ4n) is 4.39. The van der Waals surface area contributed by atoms with Crippen LogP contribution in [0.25, 0.3) is 10.9 Å². The average molecular weight is 605 g/mol. The van der Waals surface area contributed by atoms with Crippen LogP contribution in [0, 0.1) is 17.1 Å². The van der Waals surface area contributed by atoms with Crippen molar-refractivity contribution in [2.24, 2.45) is 0 Å². The molecule has 0 fully saturated rings. The Bertz CT molecular complexity index is 1790. The Morgan fingerprint density at radius 1 is 1.07 bits per heavy atom. The second kappa shape index (κ2) is 11.6. The molecule has 0 unspecified atom stereocenters. The van der Waals surface area contributed by atoms with Crippen LogP contribution < -0.4 is 21.6 Å². The molecule has 3 aromatic heterocycles. The van der Waals surface area contributed by atoms with Crippen molar-refractivity contribution in [2.75, 3.05) is 10.6 Å². The van der Waals surface area contributed by atoms with E-state index >= 15 is 0 Å². The van der Waals surface area contributed by atoms with Crippen LogP contribution in [0.2, 0.25) is 10.0 Å². The van der Waals surface area contributed by atoms with Crippen molar-refractivity contribution in [1.29, 1.82) is 5.26 Å². The summed E-state index contributed by atoms with van der Waals surface area (Å²) < 4.78 is 13.8. The zero-order valence-electron chi connectivity index (χ0n) is 21.1. The molecule has 13 heteroatoms. The average Bonchev–Trinajstić information content (AvgIpc) is 3.68. The molecular weight excluding hydrogens is 584 g/mol. The SMILES string of the molecule is N#Cc1cnc2c(Cl)cc(N[C@H](C3=CN(Cc4ccccn4)NN3)c3cscn3)cc2c1Nc1ccc(F)c(Cl)c1. The number of nitriles is 1. The van der Waals surface area contributed by atoms with Gasteiger partial charge in [0.1, 0.15) is 17.9 Å². The summed E-state index contributed by atoms with van der Waals surface area (Å²) in [5.41, 5.74) is 13.1. The fraction of sp³-hybridized carbons (Fsp3) is 0.0714. The number of thiazole rings is 1. The first-order valence-corrected chi connectivity index (χ1v) is 14.0. The number of hydrogen-bond donors (Lipinski definition) is 4. The lowest BCUT2D eigenvalue weighted by molar-refractivity contribution is 0.259. The quantitative estimate of drug-likeness (QED) is 0.154. The molecule has 1 aliphatic rings. The number of hydrogen-bond acceptors (Lipinski definition) is 10. The lowest BCUT2D eigenvalue weighted by Gasteiger charge is -2.20. The van der Waals surface area contributed by atoms with E-state index in [9.17, 15) is 9.65 Å². The van der Waals surface area contributed by atoms with Gasteiger partial charge in [0.2, 0.25) is 0 Å². The maximum Gasteiger partial charge on any atom is 0.141 e. The number of aromatic nitrogens is 3. The summed E-state index contributed by atoms with van der Waals surface area (Å²) in [6, 6.07) is 15.5. The normalized spacial score (nSPS) is 13.4. The summed E-state index contributed by atoms with van der Waals surface area (Å²) in [5, 5.41) is 21.4. The van der Waals surface area contributed by atoms with E-state index in [0.29, 0.717) is 39.5 Å². The van der Waals surface area contributed by atoms with E-state index in [1.165, 1.54) is 29.7 Å². The van der Waals surface area contributed by atoms with Gasteiger partial charge in [-0.25, -0.2) is 9.37 Å². The third-order valence-electron chi connectivity index (χ3n) is 6.30. The van der Waals surface area contributed by atoms with Crippen molar-refractivity contribution < 1.29 is 4.39 Å². The van der Waals surface area contributed by atoms with Gasteiger partial charge in [-0.15, -0.1) is 16.9 Å². The number of hydrazine groups is 2. The van der Waals surface area contributed by atoms with E-state index in [1.807, 2.05) is 40.9 Å². The Kier molecular flexibility index (Phi) is 7.54. The second-order valence-electron chi connectivity index (χ2n) is 9.03. The van der Waals surface area contributed by atoms with E-state index in [1.54, 1.807) is 23.8 Å². The molecule has 41 heavy (non-hydrogen) atoms. The summed E-state index contributed by atoms with van der Waals surface area (Å²) in [4.78, 5) is 13.3. The van der Waals surface area contributed by atoms with Gasteiger partial charge in [0, 0.05) is 40.7 Å². The minimum atomic E-state index is -0.539. The van der Waals surface area contributed by atoms with Gasteiger partial charge in [-0.2, -0.15) is 5.26 Å². The van der Waals surface area contributed by atoms with Gasteiger partial charge in [0.15, 0.2) is 0 Å². The molecular formula is C28H20Cl2FN9S.